The Kier molecular flexibility index (Phi) is 5.36. The van der Waals surface area contributed by atoms with E-state index in [0.29, 0.717) is 11.5 Å². The van der Waals surface area contributed by atoms with E-state index in [1.54, 1.807) is 34.6 Å². The molecule has 0 N–H and O–H groups in total. The first-order valence-electron chi connectivity index (χ1n) is 8.82. The Bertz CT molecular complexity index is 1060. The second-order valence-electron chi connectivity index (χ2n) is 7.43. The van der Waals surface area contributed by atoms with Gasteiger partial charge in [0.1, 0.15) is 16.8 Å². The third kappa shape index (κ3) is 4.76. The van der Waals surface area contributed by atoms with Gasteiger partial charge in [-0.3, -0.25) is 0 Å². The van der Waals surface area contributed by atoms with Crippen LogP contribution in [0.4, 0.5) is 13.6 Å². The summed E-state index contributed by atoms with van der Waals surface area (Å²) in [7, 11) is 0. The van der Waals surface area contributed by atoms with Gasteiger partial charge >= 0.3 is 12.1 Å². The number of carbonyl (C=O) groups is 1. The van der Waals surface area contributed by atoms with Gasteiger partial charge in [-0.15, -0.1) is 9.78 Å². The van der Waals surface area contributed by atoms with Crippen molar-refractivity contribution < 1.29 is 27.8 Å². The standard InChI is InChI=1S/C19H20F2N4O4/c1-10(2)27-16-12-9-22-17(28-14-7-6-11(20)8-13(14)21)23-15(12)25(24-16)18(26)29-19(3,4)5/h6-10H,1-5H3. The van der Waals surface area contributed by atoms with Crippen molar-refractivity contribution in [1.82, 2.24) is 19.7 Å². The summed E-state index contributed by atoms with van der Waals surface area (Å²) in [6, 6.07) is 2.56. The molecule has 0 spiro atoms. The predicted octanol–water partition coefficient (Wildman–Crippen LogP) is 4.47. The van der Waals surface area contributed by atoms with Gasteiger partial charge < -0.3 is 14.2 Å². The van der Waals surface area contributed by atoms with E-state index in [1.165, 1.54) is 6.20 Å². The summed E-state index contributed by atoms with van der Waals surface area (Å²) in [4.78, 5) is 20.7. The molecule has 154 valence electrons. The van der Waals surface area contributed by atoms with E-state index >= 15 is 0 Å². The zero-order valence-corrected chi connectivity index (χ0v) is 16.6. The number of aromatic nitrogens is 4. The molecule has 0 amide bonds. The van der Waals surface area contributed by atoms with Gasteiger partial charge in [0.15, 0.2) is 17.2 Å². The molecule has 0 aliphatic carbocycles. The highest BCUT2D eigenvalue weighted by Gasteiger charge is 2.25. The zero-order valence-electron chi connectivity index (χ0n) is 16.6. The number of hydrogen-bond acceptors (Lipinski definition) is 7. The van der Waals surface area contributed by atoms with E-state index in [4.69, 9.17) is 14.2 Å². The summed E-state index contributed by atoms with van der Waals surface area (Å²) < 4.78 is 44.1. The molecular formula is C19H20F2N4O4. The number of hydrogen-bond donors (Lipinski definition) is 0. The number of benzene rings is 1. The number of rotatable bonds is 4. The number of fused-ring (bicyclic) bond motifs is 1. The monoisotopic (exact) mass is 406 g/mol. The minimum atomic E-state index is -0.918. The van der Waals surface area contributed by atoms with Crippen LogP contribution in [0.3, 0.4) is 0 Å². The molecule has 0 bridgehead atoms. The summed E-state index contributed by atoms with van der Waals surface area (Å²) in [5, 5.41) is 4.47. The first-order chi connectivity index (χ1) is 13.5. The van der Waals surface area contributed by atoms with Crippen molar-refractivity contribution >= 4 is 17.1 Å². The molecule has 8 nitrogen and oxygen atoms in total. The molecule has 0 aliphatic heterocycles. The SMILES string of the molecule is CC(C)Oc1nn(C(=O)OC(C)(C)C)c2nc(Oc3ccc(F)cc3F)ncc12. The number of ether oxygens (including phenoxy) is 3. The summed E-state index contributed by atoms with van der Waals surface area (Å²) in [5.74, 6) is -1.80. The maximum atomic E-state index is 13.9. The average Bonchev–Trinajstić information content (AvgIpc) is 2.93. The highest BCUT2D eigenvalue weighted by atomic mass is 19.1. The minimum absolute atomic E-state index is 0.0578. The van der Waals surface area contributed by atoms with Gasteiger partial charge in [0.05, 0.1) is 6.10 Å². The maximum absolute atomic E-state index is 13.9. The second-order valence-corrected chi connectivity index (χ2v) is 7.43. The lowest BCUT2D eigenvalue weighted by Gasteiger charge is -2.18. The highest BCUT2D eigenvalue weighted by molar-refractivity contribution is 5.88. The van der Waals surface area contributed by atoms with E-state index in [2.05, 4.69) is 15.1 Å². The molecule has 0 saturated carbocycles. The van der Waals surface area contributed by atoms with Crippen molar-refractivity contribution in [1.29, 1.82) is 0 Å². The molecule has 0 saturated heterocycles. The van der Waals surface area contributed by atoms with Gasteiger partial charge in [-0.05, 0) is 46.8 Å². The summed E-state index contributed by atoms with van der Waals surface area (Å²) in [5.41, 5.74) is -0.708. The van der Waals surface area contributed by atoms with Crippen LogP contribution in [0.1, 0.15) is 34.6 Å². The Balaban J connectivity index is 2.04. The van der Waals surface area contributed by atoms with E-state index in [-0.39, 0.29) is 29.4 Å². The van der Waals surface area contributed by atoms with Crippen molar-refractivity contribution in [3.8, 4) is 17.6 Å². The van der Waals surface area contributed by atoms with Crippen molar-refractivity contribution in [2.24, 2.45) is 0 Å². The van der Waals surface area contributed by atoms with Crippen LogP contribution in [-0.4, -0.2) is 37.5 Å². The maximum Gasteiger partial charge on any atom is 0.437 e. The summed E-state index contributed by atoms with van der Waals surface area (Å²) in [6.07, 6.45) is 0.341. The van der Waals surface area contributed by atoms with Crippen LogP contribution in [0, 0.1) is 11.6 Å². The molecule has 0 aliphatic rings. The number of halogens is 2. The Morgan fingerprint density at radius 2 is 1.93 bits per heavy atom. The third-order valence-electron chi connectivity index (χ3n) is 3.38. The molecule has 3 rings (SSSR count). The molecule has 29 heavy (non-hydrogen) atoms. The second kappa shape index (κ2) is 7.61. The van der Waals surface area contributed by atoms with Crippen LogP contribution in [0.15, 0.2) is 24.4 Å². The quantitative estimate of drug-likeness (QED) is 0.632. The lowest BCUT2D eigenvalue weighted by Crippen LogP contribution is -2.28. The lowest BCUT2D eigenvalue weighted by molar-refractivity contribution is 0.0517. The molecule has 1 aromatic carbocycles. The van der Waals surface area contributed by atoms with Crippen molar-refractivity contribution in [3.05, 3.63) is 36.0 Å². The van der Waals surface area contributed by atoms with Crippen LogP contribution in [-0.2, 0) is 4.74 Å². The van der Waals surface area contributed by atoms with E-state index in [9.17, 15) is 13.6 Å². The normalized spacial score (nSPS) is 11.7. The molecule has 0 unspecified atom stereocenters. The van der Waals surface area contributed by atoms with Gasteiger partial charge in [0.25, 0.3) is 0 Å². The van der Waals surface area contributed by atoms with E-state index in [0.717, 1.165) is 16.8 Å². The molecule has 0 atom stereocenters. The van der Waals surface area contributed by atoms with Crippen molar-refractivity contribution in [3.63, 3.8) is 0 Å². The van der Waals surface area contributed by atoms with Crippen LogP contribution in [0.5, 0.6) is 17.6 Å². The Morgan fingerprint density at radius 3 is 2.55 bits per heavy atom. The van der Waals surface area contributed by atoms with Gasteiger partial charge in [-0.25, -0.2) is 18.6 Å². The molecule has 2 aromatic heterocycles. The van der Waals surface area contributed by atoms with Crippen molar-refractivity contribution in [2.75, 3.05) is 0 Å². The first kappa shape index (κ1) is 20.4. The van der Waals surface area contributed by atoms with Gasteiger partial charge in [-0.1, -0.05) is 0 Å². The Morgan fingerprint density at radius 1 is 1.21 bits per heavy atom. The fraction of sp³-hybridized carbons (Fsp3) is 0.368. The van der Waals surface area contributed by atoms with Gasteiger partial charge in [0.2, 0.25) is 5.88 Å². The van der Waals surface area contributed by atoms with E-state index in [1.807, 2.05) is 0 Å². The van der Waals surface area contributed by atoms with Crippen LogP contribution in [0.2, 0.25) is 0 Å². The Hall–Kier alpha value is -3.30. The first-order valence-corrected chi connectivity index (χ1v) is 8.82. The molecular weight excluding hydrogens is 386 g/mol. The molecule has 0 radical (unpaired) electrons. The molecule has 0 fully saturated rings. The zero-order chi connectivity index (χ0) is 21.3. The van der Waals surface area contributed by atoms with Gasteiger partial charge in [-0.2, -0.15) is 4.98 Å². The smallest absolute Gasteiger partial charge is 0.437 e. The molecule has 3 aromatic rings. The average molecular weight is 406 g/mol. The largest absolute Gasteiger partial charge is 0.473 e. The number of nitrogens with zero attached hydrogens (tertiary/aromatic N) is 4. The minimum Gasteiger partial charge on any atom is -0.473 e. The molecule has 10 heteroatoms. The Labute approximate surface area is 165 Å². The van der Waals surface area contributed by atoms with Crippen molar-refractivity contribution in [2.45, 2.75) is 46.3 Å². The number of carbonyl (C=O) groups excluding carboxylic acids is 1. The van der Waals surface area contributed by atoms with E-state index < -0.39 is 23.3 Å². The van der Waals surface area contributed by atoms with Crippen LogP contribution >= 0.6 is 0 Å². The predicted molar refractivity (Wildman–Crippen MR) is 99.2 cm³/mol. The summed E-state index contributed by atoms with van der Waals surface area (Å²) >= 11 is 0. The highest BCUT2D eigenvalue weighted by Crippen LogP contribution is 2.28. The third-order valence-corrected chi connectivity index (χ3v) is 3.38. The topological polar surface area (TPSA) is 88.4 Å². The van der Waals surface area contributed by atoms with Gasteiger partial charge in [0, 0.05) is 12.3 Å². The lowest BCUT2D eigenvalue weighted by atomic mass is 10.2. The summed E-state index contributed by atoms with van der Waals surface area (Å²) in [6.45, 7) is 8.73. The molecule has 2 heterocycles. The van der Waals surface area contributed by atoms with Crippen LogP contribution in [0.25, 0.3) is 11.0 Å². The van der Waals surface area contributed by atoms with Crippen LogP contribution < -0.4 is 9.47 Å². The fourth-order valence-corrected chi connectivity index (χ4v) is 2.31. The fourth-order valence-electron chi connectivity index (χ4n) is 2.31.